The van der Waals surface area contributed by atoms with Gasteiger partial charge in [0.1, 0.15) is 0 Å². The van der Waals surface area contributed by atoms with Crippen LogP contribution in [0.3, 0.4) is 0 Å². The summed E-state index contributed by atoms with van der Waals surface area (Å²) in [6.45, 7) is 2.54. The maximum Gasteiger partial charge on any atom is 0.266 e. The van der Waals surface area contributed by atoms with Gasteiger partial charge in [0.15, 0.2) is 0 Å². The van der Waals surface area contributed by atoms with Crippen LogP contribution in [0, 0.1) is 0 Å². The molecule has 4 rings (SSSR count). The molecule has 3 heterocycles. The van der Waals surface area contributed by atoms with Gasteiger partial charge in [-0.05, 0) is 11.1 Å². The van der Waals surface area contributed by atoms with E-state index in [0.717, 1.165) is 54.4 Å². The summed E-state index contributed by atoms with van der Waals surface area (Å²) in [4.78, 5) is 18.9. The van der Waals surface area contributed by atoms with E-state index < -0.39 is 0 Å². The van der Waals surface area contributed by atoms with Crippen molar-refractivity contribution in [3.05, 3.63) is 79.7 Å². The molecular weight excluding hydrogens is 332 g/mol. The van der Waals surface area contributed by atoms with E-state index in [9.17, 15) is 4.79 Å². The Morgan fingerprint density at radius 2 is 2.08 bits per heavy atom. The molecule has 0 spiro atoms. The number of rotatable bonds is 4. The Hall–Kier alpha value is -2.31. The van der Waals surface area contributed by atoms with Gasteiger partial charge in [-0.3, -0.25) is 9.69 Å². The van der Waals surface area contributed by atoms with Crippen LogP contribution < -0.4 is 5.56 Å². The van der Waals surface area contributed by atoms with E-state index in [-0.39, 0.29) is 5.56 Å². The smallest absolute Gasteiger partial charge is 0.266 e. The van der Waals surface area contributed by atoms with Crippen molar-refractivity contribution in [1.82, 2.24) is 19.7 Å². The highest BCUT2D eigenvalue weighted by atomic mass is 32.1. The Labute approximate surface area is 150 Å². The summed E-state index contributed by atoms with van der Waals surface area (Å²) in [5, 5.41) is 7.67. The van der Waals surface area contributed by atoms with Gasteiger partial charge in [-0.15, -0.1) is 11.3 Å². The summed E-state index contributed by atoms with van der Waals surface area (Å²) in [6, 6.07) is 12.1. The van der Waals surface area contributed by atoms with Crippen LogP contribution in [0.2, 0.25) is 0 Å². The van der Waals surface area contributed by atoms with Gasteiger partial charge in [-0.25, -0.2) is 9.67 Å². The Morgan fingerprint density at radius 3 is 2.92 bits per heavy atom. The number of fused-ring (bicyclic) bond motifs is 1. The summed E-state index contributed by atoms with van der Waals surface area (Å²) in [5.41, 5.74) is 4.45. The highest BCUT2D eigenvalue weighted by Crippen LogP contribution is 2.20. The van der Waals surface area contributed by atoms with E-state index in [1.54, 1.807) is 24.5 Å². The minimum Gasteiger partial charge on any atom is -0.293 e. The Balaban J connectivity index is 1.43. The first-order valence-electron chi connectivity index (χ1n) is 8.43. The zero-order chi connectivity index (χ0) is 17.2. The van der Waals surface area contributed by atoms with Crippen LogP contribution >= 0.6 is 11.3 Å². The van der Waals surface area contributed by atoms with Crippen LogP contribution in [0.4, 0.5) is 0 Å². The molecule has 3 aromatic rings. The quantitative estimate of drug-likeness (QED) is 0.723. The summed E-state index contributed by atoms with van der Waals surface area (Å²) < 4.78 is 1.42. The number of thiazole rings is 1. The number of aryl methyl sites for hydroxylation is 1. The van der Waals surface area contributed by atoms with E-state index >= 15 is 0 Å². The topological polar surface area (TPSA) is 51.0 Å². The van der Waals surface area contributed by atoms with Crippen molar-refractivity contribution < 1.29 is 0 Å². The maximum absolute atomic E-state index is 11.8. The lowest BCUT2D eigenvalue weighted by Crippen LogP contribution is -2.34. The predicted octanol–water partition coefficient (Wildman–Crippen LogP) is 2.39. The molecule has 128 valence electrons. The van der Waals surface area contributed by atoms with Crippen molar-refractivity contribution in [2.45, 2.75) is 25.9 Å². The monoisotopic (exact) mass is 352 g/mol. The van der Waals surface area contributed by atoms with Crippen molar-refractivity contribution in [2.75, 3.05) is 6.54 Å². The molecule has 0 radical (unpaired) electrons. The van der Waals surface area contributed by atoms with Crippen molar-refractivity contribution >= 4 is 11.3 Å². The summed E-state index contributed by atoms with van der Waals surface area (Å²) in [5.74, 6) is 0. The van der Waals surface area contributed by atoms with Gasteiger partial charge < -0.3 is 0 Å². The van der Waals surface area contributed by atoms with E-state index in [4.69, 9.17) is 4.98 Å². The van der Waals surface area contributed by atoms with E-state index in [0.29, 0.717) is 0 Å². The average Bonchev–Trinajstić information content (AvgIpc) is 3.04. The zero-order valence-corrected chi connectivity index (χ0v) is 15.0. The van der Waals surface area contributed by atoms with Crippen LogP contribution in [0.25, 0.3) is 0 Å². The lowest BCUT2D eigenvalue weighted by molar-refractivity contribution is 0.239. The lowest BCUT2D eigenvalue weighted by Gasteiger charge is -2.27. The molecule has 2 aromatic heterocycles. The van der Waals surface area contributed by atoms with Gasteiger partial charge in [0.25, 0.3) is 5.56 Å². The Bertz CT molecular complexity index is 932. The molecule has 6 heteroatoms. The summed E-state index contributed by atoms with van der Waals surface area (Å²) in [7, 11) is 1.71. The van der Waals surface area contributed by atoms with Crippen LogP contribution in [0.15, 0.2) is 46.6 Å². The molecule has 1 aliphatic rings. The van der Waals surface area contributed by atoms with Crippen LogP contribution in [0.1, 0.15) is 27.5 Å². The van der Waals surface area contributed by atoms with Gasteiger partial charge in [0, 0.05) is 51.0 Å². The van der Waals surface area contributed by atoms with Gasteiger partial charge in [0.05, 0.1) is 16.4 Å². The number of benzene rings is 1. The summed E-state index contributed by atoms with van der Waals surface area (Å²) in [6.07, 6.45) is 1.76. The van der Waals surface area contributed by atoms with Crippen molar-refractivity contribution in [2.24, 2.45) is 7.05 Å². The first kappa shape index (κ1) is 16.2. The van der Waals surface area contributed by atoms with Crippen LogP contribution in [-0.4, -0.2) is 26.2 Å². The molecule has 1 aliphatic heterocycles. The number of aromatic nitrogens is 3. The fourth-order valence-electron chi connectivity index (χ4n) is 3.19. The normalized spacial score (nSPS) is 14.4. The number of hydrogen-bond donors (Lipinski definition) is 0. The Morgan fingerprint density at radius 1 is 1.24 bits per heavy atom. The third kappa shape index (κ3) is 3.70. The van der Waals surface area contributed by atoms with E-state index in [1.807, 2.05) is 6.07 Å². The molecule has 0 fully saturated rings. The second kappa shape index (κ2) is 6.90. The second-order valence-electron chi connectivity index (χ2n) is 6.43. The summed E-state index contributed by atoms with van der Waals surface area (Å²) >= 11 is 1.72. The van der Waals surface area contributed by atoms with Crippen molar-refractivity contribution in [1.29, 1.82) is 0 Å². The maximum atomic E-state index is 11.8. The molecule has 1 aromatic carbocycles. The molecule has 5 nitrogen and oxygen atoms in total. The van der Waals surface area contributed by atoms with Gasteiger partial charge >= 0.3 is 0 Å². The third-order valence-electron chi connectivity index (χ3n) is 4.50. The zero-order valence-electron chi connectivity index (χ0n) is 14.2. The highest BCUT2D eigenvalue weighted by molar-refractivity contribution is 7.09. The van der Waals surface area contributed by atoms with E-state index in [1.165, 1.54) is 10.2 Å². The molecule has 25 heavy (non-hydrogen) atoms. The second-order valence-corrected chi connectivity index (χ2v) is 7.38. The molecule has 0 amide bonds. The molecule has 0 saturated carbocycles. The molecular formula is C19H20N4OS. The molecule has 0 unspecified atom stereocenters. The minimum absolute atomic E-state index is 0.0422. The third-order valence-corrected chi connectivity index (χ3v) is 5.40. The molecule has 0 saturated heterocycles. The van der Waals surface area contributed by atoms with Crippen molar-refractivity contribution in [3.63, 3.8) is 0 Å². The first-order valence-corrected chi connectivity index (χ1v) is 9.31. The molecule has 0 aliphatic carbocycles. The minimum atomic E-state index is -0.0422. The number of hydrogen-bond acceptors (Lipinski definition) is 5. The molecule has 0 atom stereocenters. The van der Waals surface area contributed by atoms with Crippen LogP contribution in [0.5, 0.6) is 0 Å². The molecule has 0 bridgehead atoms. The lowest BCUT2D eigenvalue weighted by atomic mass is 10.1. The molecule has 0 N–H and O–H groups in total. The fourth-order valence-corrected chi connectivity index (χ4v) is 4.01. The predicted molar refractivity (Wildman–Crippen MR) is 98.7 cm³/mol. The standard InChI is InChI=1S/C19H20N4OS/c1-22-19(24)10-15-11-23(8-7-17(15)21-22)12-16-13-25-18(20-16)9-14-5-3-2-4-6-14/h2-6,10,13H,7-9,11-12H2,1H3. The number of nitrogens with zero attached hydrogens (tertiary/aromatic N) is 4. The largest absolute Gasteiger partial charge is 0.293 e. The Kier molecular flexibility index (Phi) is 4.46. The van der Waals surface area contributed by atoms with Gasteiger partial charge in [-0.2, -0.15) is 5.10 Å². The van der Waals surface area contributed by atoms with E-state index in [2.05, 4.69) is 39.6 Å². The van der Waals surface area contributed by atoms with Gasteiger partial charge in [0.2, 0.25) is 0 Å². The van der Waals surface area contributed by atoms with Crippen molar-refractivity contribution in [3.8, 4) is 0 Å². The fraction of sp³-hybridized carbons (Fsp3) is 0.316. The van der Waals surface area contributed by atoms with Gasteiger partial charge in [-0.1, -0.05) is 30.3 Å². The SMILES string of the molecule is Cn1nc2c(cc1=O)CN(Cc1csc(Cc3ccccc3)n1)CC2. The highest BCUT2D eigenvalue weighted by Gasteiger charge is 2.19. The van der Waals surface area contributed by atoms with Crippen LogP contribution in [-0.2, 0) is 33.0 Å². The first-order chi connectivity index (χ1) is 12.2. The average molecular weight is 352 g/mol.